The van der Waals surface area contributed by atoms with Crippen LogP contribution < -0.4 is 5.63 Å². The molecule has 110 valence electrons. The molecule has 2 nitrogen and oxygen atoms in total. The topological polar surface area (TPSA) is 30.2 Å². The van der Waals surface area contributed by atoms with Gasteiger partial charge < -0.3 is 4.42 Å². The Hall–Kier alpha value is -3.13. The van der Waals surface area contributed by atoms with Crippen LogP contribution >= 0.6 is 0 Å². The summed E-state index contributed by atoms with van der Waals surface area (Å²) in [6, 6.07) is 21.5. The summed E-state index contributed by atoms with van der Waals surface area (Å²) in [4.78, 5) is 12.3. The van der Waals surface area contributed by atoms with Crippen molar-refractivity contribution in [3.8, 4) is 11.1 Å². The van der Waals surface area contributed by atoms with E-state index in [0.29, 0.717) is 11.0 Å². The monoisotopic (exact) mass is 298 g/mol. The molecule has 0 radical (unpaired) electrons. The van der Waals surface area contributed by atoms with E-state index in [-0.39, 0.29) is 5.63 Å². The molecule has 0 amide bonds. The van der Waals surface area contributed by atoms with E-state index in [1.807, 2.05) is 60.7 Å². The van der Waals surface area contributed by atoms with Gasteiger partial charge in [-0.05, 0) is 28.8 Å². The maximum absolute atomic E-state index is 12.3. The Labute approximate surface area is 133 Å². The van der Waals surface area contributed by atoms with Crippen LogP contribution in [0, 0.1) is 0 Å². The smallest absolute Gasteiger partial charge is 0.344 e. The lowest BCUT2D eigenvalue weighted by atomic mass is 9.93. The molecule has 0 aliphatic rings. The van der Waals surface area contributed by atoms with E-state index in [9.17, 15) is 4.79 Å². The second kappa shape index (κ2) is 5.25. The SMILES string of the molecule is C=Cc1c(-c2ccccc2)ccc2c(=O)oc3ccccc3c12. The third-order valence-corrected chi connectivity index (χ3v) is 4.11. The molecule has 1 aromatic heterocycles. The van der Waals surface area contributed by atoms with Crippen molar-refractivity contribution in [1.82, 2.24) is 0 Å². The Balaban J connectivity index is 2.23. The van der Waals surface area contributed by atoms with E-state index in [4.69, 9.17) is 4.42 Å². The lowest BCUT2D eigenvalue weighted by Gasteiger charge is -2.11. The standard InChI is InChI=1S/C21H14O2/c1-2-15-16(14-8-4-3-5-9-14)12-13-18-20(15)17-10-6-7-11-19(17)23-21(18)22/h2-13H,1H2. The van der Waals surface area contributed by atoms with E-state index in [2.05, 4.69) is 18.7 Å². The molecule has 0 saturated heterocycles. The fourth-order valence-electron chi connectivity index (χ4n) is 3.08. The fourth-order valence-corrected chi connectivity index (χ4v) is 3.08. The number of hydrogen-bond acceptors (Lipinski definition) is 2. The number of fused-ring (bicyclic) bond motifs is 3. The van der Waals surface area contributed by atoms with Gasteiger partial charge in [-0.1, -0.05) is 67.3 Å². The van der Waals surface area contributed by atoms with E-state index in [1.54, 1.807) is 0 Å². The van der Waals surface area contributed by atoms with E-state index in [0.717, 1.165) is 27.5 Å². The quantitative estimate of drug-likeness (QED) is 0.373. The minimum atomic E-state index is -0.318. The molecule has 0 aliphatic carbocycles. The highest BCUT2D eigenvalue weighted by atomic mass is 16.4. The maximum Gasteiger partial charge on any atom is 0.344 e. The first-order chi connectivity index (χ1) is 11.3. The van der Waals surface area contributed by atoms with Crippen LogP contribution in [0.4, 0.5) is 0 Å². The Bertz CT molecular complexity index is 1090. The fraction of sp³-hybridized carbons (Fsp3) is 0. The highest BCUT2D eigenvalue weighted by Crippen LogP contribution is 2.34. The van der Waals surface area contributed by atoms with Gasteiger partial charge >= 0.3 is 5.63 Å². The molecule has 3 aromatic carbocycles. The van der Waals surface area contributed by atoms with Crippen molar-refractivity contribution in [1.29, 1.82) is 0 Å². The van der Waals surface area contributed by atoms with E-state index in [1.165, 1.54) is 0 Å². The first-order valence-corrected chi connectivity index (χ1v) is 7.46. The maximum atomic E-state index is 12.3. The van der Waals surface area contributed by atoms with Crippen LogP contribution in [-0.4, -0.2) is 0 Å². The van der Waals surface area contributed by atoms with Crippen LogP contribution in [0.2, 0.25) is 0 Å². The predicted octanol–water partition coefficient (Wildman–Crippen LogP) is 5.26. The van der Waals surface area contributed by atoms with Gasteiger partial charge in [0.05, 0.1) is 5.39 Å². The average molecular weight is 298 g/mol. The summed E-state index contributed by atoms with van der Waals surface area (Å²) in [6.07, 6.45) is 1.82. The van der Waals surface area contributed by atoms with Gasteiger partial charge in [-0.3, -0.25) is 0 Å². The second-order valence-electron chi connectivity index (χ2n) is 5.41. The Morgan fingerprint density at radius 1 is 0.826 bits per heavy atom. The summed E-state index contributed by atoms with van der Waals surface area (Å²) < 4.78 is 5.43. The summed E-state index contributed by atoms with van der Waals surface area (Å²) in [5.74, 6) is 0. The largest absolute Gasteiger partial charge is 0.422 e. The van der Waals surface area contributed by atoms with Gasteiger partial charge in [0.1, 0.15) is 5.58 Å². The zero-order chi connectivity index (χ0) is 15.8. The van der Waals surface area contributed by atoms with E-state index < -0.39 is 0 Å². The molecule has 0 aliphatic heterocycles. The summed E-state index contributed by atoms with van der Waals surface area (Å²) in [5.41, 5.74) is 3.39. The van der Waals surface area contributed by atoms with Gasteiger partial charge in [-0.25, -0.2) is 4.79 Å². The molecule has 4 rings (SSSR count). The number of para-hydroxylation sites is 1. The molecule has 1 heterocycles. The molecule has 0 fully saturated rings. The van der Waals surface area contributed by atoms with Crippen LogP contribution in [-0.2, 0) is 0 Å². The van der Waals surface area contributed by atoms with Crippen molar-refractivity contribution in [3.63, 3.8) is 0 Å². The first kappa shape index (κ1) is 13.5. The highest BCUT2D eigenvalue weighted by molar-refractivity contribution is 6.11. The van der Waals surface area contributed by atoms with Gasteiger partial charge in [-0.2, -0.15) is 0 Å². The molecule has 23 heavy (non-hydrogen) atoms. The molecular weight excluding hydrogens is 284 g/mol. The Kier molecular flexibility index (Phi) is 3.09. The molecule has 0 atom stereocenters. The minimum absolute atomic E-state index is 0.318. The number of hydrogen-bond donors (Lipinski definition) is 0. The Morgan fingerprint density at radius 3 is 2.35 bits per heavy atom. The van der Waals surface area contributed by atoms with Gasteiger partial charge in [0.2, 0.25) is 0 Å². The number of benzene rings is 3. The van der Waals surface area contributed by atoms with Crippen molar-refractivity contribution in [3.05, 3.63) is 89.3 Å². The lowest BCUT2D eigenvalue weighted by Crippen LogP contribution is -2.01. The van der Waals surface area contributed by atoms with Crippen LogP contribution in [0.3, 0.4) is 0 Å². The van der Waals surface area contributed by atoms with Crippen molar-refractivity contribution in [2.45, 2.75) is 0 Å². The molecule has 4 aromatic rings. The van der Waals surface area contributed by atoms with Crippen molar-refractivity contribution in [2.75, 3.05) is 0 Å². The second-order valence-corrected chi connectivity index (χ2v) is 5.41. The third-order valence-electron chi connectivity index (χ3n) is 4.11. The molecule has 0 unspecified atom stereocenters. The van der Waals surface area contributed by atoms with Gasteiger partial charge in [0.15, 0.2) is 0 Å². The molecular formula is C21H14O2. The minimum Gasteiger partial charge on any atom is -0.422 e. The van der Waals surface area contributed by atoms with Crippen molar-refractivity contribution < 1.29 is 4.42 Å². The van der Waals surface area contributed by atoms with Crippen LogP contribution in [0.5, 0.6) is 0 Å². The van der Waals surface area contributed by atoms with Crippen LogP contribution in [0.25, 0.3) is 38.9 Å². The van der Waals surface area contributed by atoms with Crippen molar-refractivity contribution >= 4 is 27.8 Å². The Morgan fingerprint density at radius 2 is 1.57 bits per heavy atom. The van der Waals surface area contributed by atoms with Gasteiger partial charge in [-0.15, -0.1) is 0 Å². The summed E-state index contributed by atoms with van der Waals surface area (Å²) in [6.45, 7) is 3.97. The van der Waals surface area contributed by atoms with Crippen molar-refractivity contribution in [2.24, 2.45) is 0 Å². The molecule has 0 saturated carbocycles. The highest BCUT2D eigenvalue weighted by Gasteiger charge is 2.13. The molecule has 0 bridgehead atoms. The van der Waals surface area contributed by atoms with Gasteiger partial charge in [0, 0.05) is 10.8 Å². The zero-order valence-corrected chi connectivity index (χ0v) is 12.5. The predicted molar refractivity (Wildman–Crippen MR) is 95.5 cm³/mol. The van der Waals surface area contributed by atoms with E-state index >= 15 is 0 Å². The third kappa shape index (κ3) is 2.08. The lowest BCUT2D eigenvalue weighted by molar-refractivity contribution is 0.569. The first-order valence-electron chi connectivity index (χ1n) is 7.46. The molecule has 0 spiro atoms. The normalized spacial score (nSPS) is 11.0. The zero-order valence-electron chi connectivity index (χ0n) is 12.5. The van der Waals surface area contributed by atoms with Crippen LogP contribution in [0.1, 0.15) is 5.56 Å². The number of rotatable bonds is 2. The summed E-state index contributed by atoms with van der Waals surface area (Å²) in [7, 11) is 0. The van der Waals surface area contributed by atoms with Crippen LogP contribution in [0.15, 0.2) is 82.5 Å². The molecule has 0 N–H and O–H groups in total. The molecule has 2 heteroatoms. The summed E-state index contributed by atoms with van der Waals surface area (Å²) in [5, 5.41) is 2.40. The summed E-state index contributed by atoms with van der Waals surface area (Å²) >= 11 is 0. The average Bonchev–Trinajstić information content (AvgIpc) is 2.61. The van der Waals surface area contributed by atoms with Gasteiger partial charge in [0.25, 0.3) is 0 Å².